The maximum Gasteiger partial charge on any atom is 0.142 e. The van der Waals surface area contributed by atoms with Crippen LogP contribution in [-0.2, 0) is 0 Å². The van der Waals surface area contributed by atoms with Gasteiger partial charge in [-0.3, -0.25) is 0 Å². The van der Waals surface area contributed by atoms with Crippen molar-refractivity contribution in [3.8, 4) is 28.5 Å². The molecule has 0 fully saturated rings. The van der Waals surface area contributed by atoms with Gasteiger partial charge in [0.25, 0.3) is 0 Å². The highest BCUT2D eigenvalue weighted by Gasteiger charge is 2.17. The topological polar surface area (TPSA) is 62.7 Å². The largest absolute Gasteiger partial charge is 0.383 e. The van der Waals surface area contributed by atoms with Crippen molar-refractivity contribution >= 4 is 40.6 Å². The SMILES string of the molecule is N#Cc1c(-c2c(Cl)cccc2Cl)cc(-c2cccc(Cl)c2)nc1N. The van der Waals surface area contributed by atoms with Crippen molar-refractivity contribution in [2.45, 2.75) is 0 Å². The molecule has 118 valence electrons. The van der Waals surface area contributed by atoms with E-state index in [9.17, 15) is 5.26 Å². The summed E-state index contributed by atoms with van der Waals surface area (Å²) in [5.74, 6) is 0.112. The number of benzene rings is 2. The minimum Gasteiger partial charge on any atom is -0.383 e. The molecule has 3 nitrogen and oxygen atoms in total. The summed E-state index contributed by atoms with van der Waals surface area (Å²) in [5, 5.41) is 10.9. The zero-order chi connectivity index (χ0) is 17.3. The van der Waals surface area contributed by atoms with Crippen LogP contribution in [0.5, 0.6) is 0 Å². The van der Waals surface area contributed by atoms with E-state index < -0.39 is 0 Å². The van der Waals surface area contributed by atoms with E-state index in [2.05, 4.69) is 11.1 Å². The lowest BCUT2D eigenvalue weighted by Gasteiger charge is -2.13. The molecule has 0 radical (unpaired) electrons. The summed E-state index contributed by atoms with van der Waals surface area (Å²) >= 11 is 18.6. The van der Waals surface area contributed by atoms with Gasteiger partial charge in [-0.1, -0.05) is 53.0 Å². The average Bonchev–Trinajstić information content (AvgIpc) is 2.54. The van der Waals surface area contributed by atoms with Gasteiger partial charge in [-0.15, -0.1) is 0 Å². The van der Waals surface area contributed by atoms with Crippen LogP contribution in [0.4, 0.5) is 5.82 Å². The van der Waals surface area contributed by atoms with Gasteiger partial charge < -0.3 is 5.73 Å². The Labute approximate surface area is 154 Å². The lowest BCUT2D eigenvalue weighted by molar-refractivity contribution is 1.31. The van der Waals surface area contributed by atoms with Gasteiger partial charge in [0.15, 0.2) is 0 Å². The number of aromatic nitrogens is 1. The molecule has 0 spiro atoms. The first kappa shape index (κ1) is 16.6. The number of halogens is 3. The Balaban J connectivity index is 2.32. The van der Waals surface area contributed by atoms with E-state index in [4.69, 9.17) is 40.5 Å². The Morgan fingerprint density at radius 1 is 0.958 bits per heavy atom. The molecule has 0 amide bonds. The van der Waals surface area contributed by atoms with Crippen LogP contribution in [0.2, 0.25) is 15.1 Å². The number of nitrogens with zero attached hydrogens (tertiary/aromatic N) is 2. The second kappa shape index (κ2) is 6.70. The predicted molar refractivity (Wildman–Crippen MR) is 99.3 cm³/mol. The zero-order valence-electron chi connectivity index (χ0n) is 12.2. The first-order valence-electron chi connectivity index (χ1n) is 6.92. The molecule has 0 aliphatic carbocycles. The third-order valence-corrected chi connectivity index (χ3v) is 4.38. The molecule has 3 aromatic rings. The van der Waals surface area contributed by atoms with E-state index in [1.807, 2.05) is 12.1 Å². The maximum absolute atomic E-state index is 9.47. The van der Waals surface area contributed by atoms with Crippen molar-refractivity contribution in [3.63, 3.8) is 0 Å². The Kier molecular flexibility index (Phi) is 4.64. The smallest absolute Gasteiger partial charge is 0.142 e. The van der Waals surface area contributed by atoms with Crippen molar-refractivity contribution in [2.75, 3.05) is 5.73 Å². The van der Waals surface area contributed by atoms with Gasteiger partial charge in [0.1, 0.15) is 17.5 Å². The Hall–Kier alpha value is -2.25. The number of nitriles is 1. The molecule has 0 atom stereocenters. The van der Waals surface area contributed by atoms with Crippen LogP contribution in [0.3, 0.4) is 0 Å². The van der Waals surface area contributed by atoms with E-state index in [1.165, 1.54) is 0 Å². The van der Waals surface area contributed by atoms with Gasteiger partial charge >= 0.3 is 0 Å². The van der Waals surface area contributed by atoms with Gasteiger partial charge in [0, 0.05) is 31.8 Å². The Morgan fingerprint density at radius 2 is 1.62 bits per heavy atom. The summed E-state index contributed by atoms with van der Waals surface area (Å²) in [4.78, 5) is 4.31. The van der Waals surface area contributed by atoms with E-state index in [0.29, 0.717) is 31.9 Å². The van der Waals surface area contributed by atoms with Crippen molar-refractivity contribution in [2.24, 2.45) is 0 Å². The fourth-order valence-electron chi connectivity index (χ4n) is 2.43. The highest BCUT2D eigenvalue weighted by atomic mass is 35.5. The molecule has 6 heteroatoms. The van der Waals surface area contributed by atoms with Crippen molar-refractivity contribution in [1.82, 2.24) is 4.98 Å². The van der Waals surface area contributed by atoms with Crippen molar-refractivity contribution in [1.29, 1.82) is 5.26 Å². The molecular weight excluding hydrogens is 365 g/mol. The first-order chi connectivity index (χ1) is 11.5. The molecule has 1 aromatic heterocycles. The molecule has 1 heterocycles. The van der Waals surface area contributed by atoms with Crippen molar-refractivity contribution in [3.05, 3.63) is 69.2 Å². The summed E-state index contributed by atoms with van der Waals surface area (Å²) in [5.41, 5.74) is 8.68. The number of hydrogen-bond donors (Lipinski definition) is 1. The van der Waals surface area contributed by atoms with Crippen LogP contribution in [0.15, 0.2) is 48.5 Å². The molecule has 2 N–H and O–H groups in total. The molecule has 0 bridgehead atoms. The normalized spacial score (nSPS) is 10.4. The van der Waals surface area contributed by atoms with E-state index >= 15 is 0 Å². The highest BCUT2D eigenvalue weighted by Crippen LogP contribution is 2.39. The number of rotatable bonds is 2. The van der Waals surface area contributed by atoms with Gasteiger partial charge in [0.05, 0.1) is 5.69 Å². The van der Waals surface area contributed by atoms with Gasteiger partial charge in [-0.05, 0) is 30.3 Å². The number of anilines is 1. The van der Waals surface area contributed by atoms with Crippen molar-refractivity contribution < 1.29 is 0 Å². The second-order valence-corrected chi connectivity index (χ2v) is 6.28. The third kappa shape index (κ3) is 3.05. The highest BCUT2D eigenvalue weighted by molar-refractivity contribution is 6.39. The molecule has 0 saturated heterocycles. The summed E-state index contributed by atoms with van der Waals surface area (Å²) in [7, 11) is 0. The molecule has 0 aliphatic rings. The lowest BCUT2D eigenvalue weighted by atomic mass is 9.98. The van der Waals surface area contributed by atoms with Gasteiger partial charge in [-0.25, -0.2) is 4.98 Å². The monoisotopic (exact) mass is 373 g/mol. The third-order valence-electron chi connectivity index (χ3n) is 3.51. The standard InChI is InChI=1S/C18H10Cl3N3/c19-11-4-1-3-10(7-11)16-8-12(13(9-22)18(23)24-16)17-14(20)5-2-6-15(17)21/h1-8H,(H2,23,24). The number of nitrogens with two attached hydrogens (primary N) is 1. The fourth-order valence-corrected chi connectivity index (χ4v) is 3.22. The number of pyridine rings is 1. The molecule has 3 rings (SSSR count). The van der Waals surface area contributed by atoms with Crippen LogP contribution < -0.4 is 5.73 Å². The summed E-state index contributed by atoms with van der Waals surface area (Å²) in [6.07, 6.45) is 0. The number of hydrogen-bond acceptors (Lipinski definition) is 3. The van der Waals surface area contributed by atoms with E-state index in [-0.39, 0.29) is 11.4 Å². The van der Waals surface area contributed by atoms with Gasteiger partial charge in [0.2, 0.25) is 0 Å². The average molecular weight is 375 g/mol. The Morgan fingerprint density at radius 3 is 2.25 bits per heavy atom. The minimum absolute atomic E-state index is 0.112. The van der Waals surface area contributed by atoms with Crippen LogP contribution >= 0.6 is 34.8 Å². The number of nitrogen functional groups attached to an aromatic ring is 1. The fraction of sp³-hybridized carbons (Fsp3) is 0. The molecular formula is C18H10Cl3N3. The molecule has 0 aliphatic heterocycles. The molecule has 0 unspecified atom stereocenters. The first-order valence-corrected chi connectivity index (χ1v) is 8.05. The van der Waals surface area contributed by atoms with Crippen LogP contribution in [-0.4, -0.2) is 4.98 Å². The van der Waals surface area contributed by atoms with Crippen LogP contribution in [0.1, 0.15) is 5.56 Å². The summed E-state index contributed by atoms with van der Waals surface area (Å²) in [6, 6.07) is 16.2. The van der Waals surface area contributed by atoms with Crippen LogP contribution in [0.25, 0.3) is 22.4 Å². The Bertz CT molecular complexity index is 957. The van der Waals surface area contributed by atoms with Crippen LogP contribution in [0, 0.1) is 11.3 Å². The molecule has 24 heavy (non-hydrogen) atoms. The molecule has 0 saturated carbocycles. The quantitative estimate of drug-likeness (QED) is 0.614. The van der Waals surface area contributed by atoms with E-state index in [0.717, 1.165) is 5.56 Å². The minimum atomic E-state index is 0.112. The molecule has 2 aromatic carbocycles. The zero-order valence-corrected chi connectivity index (χ0v) is 14.5. The van der Waals surface area contributed by atoms with E-state index in [1.54, 1.807) is 36.4 Å². The maximum atomic E-state index is 9.47. The summed E-state index contributed by atoms with van der Waals surface area (Å²) < 4.78 is 0. The second-order valence-electron chi connectivity index (χ2n) is 5.03. The predicted octanol–water partition coefficient (Wildman–Crippen LogP) is 5.83. The summed E-state index contributed by atoms with van der Waals surface area (Å²) in [6.45, 7) is 0. The van der Waals surface area contributed by atoms with Gasteiger partial charge in [-0.2, -0.15) is 5.26 Å². The lowest BCUT2D eigenvalue weighted by Crippen LogP contribution is -2.00.